The lowest BCUT2D eigenvalue weighted by Crippen LogP contribution is -2.39. The molecule has 4 rings (SSSR count). The maximum absolute atomic E-state index is 12.3. The Labute approximate surface area is 156 Å². The molecular formula is C21H19N5O. The number of hydrogen-bond donors (Lipinski definition) is 3. The number of pyridine rings is 1. The lowest BCUT2D eigenvalue weighted by Gasteiger charge is -2.09. The van der Waals surface area contributed by atoms with Crippen molar-refractivity contribution in [3.63, 3.8) is 0 Å². The smallest absolute Gasteiger partial charge is 0.257 e. The van der Waals surface area contributed by atoms with Gasteiger partial charge in [-0.05, 0) is 24.1 Å². The summed E-state index contributed by atoms with van der Waals surface area (Å²) in [6.45, 7) is 0. The van der Waals surface area contributed by atoms with Gasteiger partial charge in [0.2, 0.25) is 0 Å². The van der Waals surface area contributed by atoms with E-state index in [2.05, 4.69) is 20.5 Å². The first-order valence-corrected chi connectivity index (χ1v) is 8.69. The third-order valence-electron chi connectivity index (χ3n) is 4.49. The van der Waals surface area contributed by atoms with Gasteiger partial charge in [0.15, 0.2) is 0 Å². The van der Waals surface area contributed by atoms with Gasteiger partial charge in [0, 0.05) is 34.2 Å². The number of fused-ring (bicyclic) bond motifs is 2. The molecule has 1 amide bonds. The molecule has 2 aromatic carbocycles. The van der Waals surface area contributed by atoms with Crippen LogP contribution in [0.4, 0.5) is 0 Å². The third kappa shape index (κ3) is 3.56. The van der Waals surface area contributed by atoms with Crippen molar-refractivity contribution in [1.29, 1.82) is 0 Å². The Morgan fingerprint density at radius 3 is 2.96 bits per heavy atom. The summed E-state index contributed by atoms with van der Waals surface area (Å²) in [7, 11) is 0. The topological polar surface area (TPSA) is 96.2 Å². The fraction of sp³-hybridized carbons (Fsp3) is 0.0952. The molecule has 4 N–H and O–H groups in total. The highest BCUT2D eigenvalue weighted by molar-refractivity contribution is 5.97. The van der Waals surface area contributed by atoms with Crippen molar-refractivity contribution in [2.45, 2.75) is 12.5 Å². The summed E-state index contributed by atoms with van der Waals surface area (Å²) in [5.74, 6) is -0.329. The molecule has 0 spiro atoms. The van der Waals surface area contributed by atoms with Crippen molar-refractivity contribution in [3.05, 3.63) is 78.1 Å². The fourth-order valence-electron chi connectivity index (χ4n) is 3.11. The second-order valence-corrected chi connectivity index (χ2v) is 6.33. The van der Waals surface area contributed by atoms with Gasteiger partial charge in [-0.25, -0.2) is 5.43 Å². The molecule has 4 aromatic rings. The van der Waals surface area contributed by atoms with E-state index in [9.17, 15) is 4.79 Å². The van der Waals surface area contributed by atoms with Crippen molar-refractivity contribution in [2.75, 3.05) is 0 Å². The molecule has 1 atom stereocenters. The van der Waals surface area contributed by atoms with Crippen LogP contribution >= 0.6 is 0 Å². The minimum atomic E-state index is -0.688. The Kier molecular flexibility index (Phi) is 4.63. The van der Waals surface area contributed by atoms with Crippen LogP contribution in [0, 0.1) is 0 Å². The Morgan fingerprint density at radius 1 is 1.19 bits per heavy atom. The van der Waals surface area contributed by atoms with Crippen molar-refractivity contribution in [3.8, 4) is 0 Å². The molecule has 0 aliphatic carbocycles. The number of amides is 1. The molecule has 0 saturated heterocycles. The number of nitrogens with one attached hydrogen (secondary N) is 2. The summed E-state index contributed by atoms with van der Waals surface area (Å²) < 4.78 is 0. The Morgan fingerprint density at radius 2 is 2.04 bits per heavy atom. The molecule has 0 unspecified atom stereocenters. The second kappa shape index (κ2) is 7.39. The van der Waals surface area contributed by atoms with Crippen LogP contribution in [0.5, 0.6) is 0 Å². The predicted octanol–water partition coefficient (Wildman–Crippen LogP) is 2.74. The Bertz CT molecular complexity index is 1130. The number of aromatic nitrogens is 2. The quantitative estimate of drug-likeness (QED) is 0.378. The number of hydrogen-bond acceptors (Lipinski definition) is 4. The number of nitrogens with zero attached hydrogens (tertiary/aromatic N) is 2. The molecule has 2 heterocycles. The number of rotatable bonds is 5. The van der Waals surface area contributed by atoms with Crippen LogP contribution in [0.3, 0.4) is 0 Å². The first-order valence-electron chi connectivity index (χ1n) is 8.69. The van der Waals surface area contributed by atoms with Crippen molar-refractivity contribution in [1.82, 2.24) is 15.4 Å². The summed E-state index contributed by atoms with van der Waals surface area (Å²) >= 11 is 0. The molecule has 0 fully saturated rings. The second-order valence-electron chi connectivity index (χ2n) is 6.33. The van der Waals surface area contributed by atoms with Crippen molar-refractivity contribution >= 4 is 33.9 Å². The van der Waals surface area contributed by atoms with Crippen LogP contribution < -0.4 is 11.2 Å². The van der Waals surface area contributed by atoms with Gasteiger partial charge in [-0.1, -0.05) is 42.5 Å². The minimum absolute atomic E-state index is 0.329. The molecule has 2 aromatic heterocycles. The zero-order chi connectivity index (χ0) is 18.6. The summed E-state index contributed by atoms with van der Waals surface area (Å²) in [6.07, 6.45) is 5.64. The van der Waals surface area contributed by atoms with E-state index in [-0.39, 0.29) is 5.91 Å². The first-order chi connectivity index (χ1) is 13.2. The monoisotopic (exact) mass is 357 g/mol. The van der Waals surface area contributed by atoms with E-state index in [4.69, 9.17) is 5.73 Å². The van der Waals surface area contributed by atoms with E-state index >= 15 is 0 Å². The molecule has 0 radical (unpaired) electrons. The largest absolute Gasteiger partial charge is 0.361 e. The van der Waals surface area contributed by atoms with Gasteiger partial charge in [0.1, 0.15) is 0 Å². The van der Waals surface area contributed by atoms with E-state index in [0.717, 1.165) is 32.9 Å². The molecule has 27 heavy (non-hydrogen) atoms. The van der Waals surface area contributed by atoms with Crippen LogP contribution in [-0.2, 0) is 11.2 Å². The van der Waals surface area contributed by atoms with E-state index in [1.165, 1.54) is 0 Å². The number of benzene rings is 2. The number of carbonyl (C=O) groups excluding carboxylic acids is 1. The highest BCUT2D eigenvalue weighted by Gasteiger charge is 2.15. The average Bonchev–Trinajstić information content (AvgIpc) is 3.11. The average molecular weight is 357 g/mol. The zero-order valence-electron chi connectivity index (χ0n) is 14.6. The maximum atomic E-state index is 12.3. The molecular weight excluding hydrogens is 338 g/mol. The van der Waals surface area contributed by atoms with Crippen LogP contribution in [0.25, 0.3) is 21.8 Å². The summed E-state index contributed by atoms with van der Waals surface area (Å²) in [4.78, 5) is 19.8. The normalized spacial score (nSPS) is 12.6. The van der Waals surface area contributed by atoms with Gasteiger partial charge >= 0.3 is 0 Å². The lowest BCUT2D eigenvalue weighted by molar-refractivity contribution is -0.122. The van der Waals surface area contributed by atoms with Crippen LogP contribution in [0.1, 0.15) is 11.1 Å². The SMILES string of the molecule is N[C@@H](Cc1c[nH]c2ccccc12)C(=O)N/N=C/c1cccc2cccnc12. The molecule has 0 aliphatic heterocycles. The van der Waals surface area contributed by atoms with Gasteiger partial charge in [0.25, 0.3) is 5.91 Å². The number of nitrogens with two attached hydrogens (primary N) is 1. The summed E-state index contributed by atoms with van der Waals surface area (Å²) in [5.41, 5.74) is 12.3. The van der Waals surface area contributed by atoms with Crippen molar-refractivity contribution < 1.29 is 4.79 Å². The van der Waals surface area contributed by atoms with E-state index < -0.39 is 6.04 Å². The zero-order valence-corrected chi connectivity index (χ0v) is 14.6. The summed E-state index contributed by atoms with van der Waals surface area (Å²) in [6, 6.07) is 16.9. The van der Waals surface area contributed by atoms with E-state index in [1.54, 1.807) is 12.4 Å². The molecule has 0 aliphatic rings. The Balaban J connectivity index is 1.43. The van der Waals surface area contributed by atoms with E-state index in [1.807, 2.05) is 60.8 Å². The van der Waals surface area contributed by atoms with Crippen LogP contribution in [-0.4, -0.2) is 28.1 Å². The van der Waals surface area contributed by atoms with Crippen molar-refractivity contribution in [2.24, 2.45) is 10.8 Å². The molecule has 0 saturated carbocycles. The molecule has 0 bridgehead atoms. The molecule has 6 heteroatoms. The van der Waals surface area contributed by atoms with E-state index in [0.29, 0.717) is 6.42 Å². The van der Waals surface area contributed by atoms with Gasteiger partial charge in [-0.2, -0.15) is 5.10 Å². The maximum Gasteiger partial charge on any atom is 0.257 e. The standard InChI is InChI=1S/C21H19N5O/c22-18(11-16-12-24-19-9-2-1-8-17(16)19)21(27)26-25-13-15-6-3-5-14-7-4-10-23-20(14)15/h1-10,12-13,18,24H,11,22H2,(H,26,27)/b25-13+/t18-/m0/s1. The first kappa shape index (κ1) is 16.9. The number of carbonyl (C=O) groups is 1. The fourth-order valence-corrected chi connectivity index (χ4v) is 3.11. The van der Waals surface area contributed by atoms with Gasteiger partial charge < -0.3 is 10.7 Å². The number of para-hydroxylation sites is 2. The Hall–Kier alpha value is -3.51. The number of aromatic amines is 1. The van der Waals surface area contributed by atoms with Crippen LogP contribution in [0.15, 0.2) is 72.1 Å². The highest BCUT2D eigenvalue weighted by atomic mass is 16.2. The lowest BCUT2D eigenvalue weighted by atomic mass is 10.1. The van der Waals surface area contributed by atoms with Crippen LogP contribution in [0.2, 0.25) is 0 Å². The van der Waals surface area contributed by atoms with Gasteiger partial charge in [-0.3, -0.25) is 9.78 Å². The minimum Gasteiger partial charge on any atom is -0.361 e. The van der Waals surface area contributed by atoms with Gasteiger partial charge in [0.05, 0.1) is 17.8 Å². The predicted molar refractivity (Wildman–Crippen MR) is 107 cm³/mol. The summed E-state index contributed by atoms with van der Waals surface area (Å²) in [5, 5.41) is 6.14. The number of hydrazone groups is 1. The highest BCUT2D eigenvalue weighted by Crippen LogP contribution is 2.18. The number of H-pyrrole nitrogens is 1. The molecule has 134 valence electrons. The van der Waals surface area contributed by atoms with Gasteiger partial charge in [-0.15, -0.1) is 0 Å². The molecule has 6 nitrogen and oxygen atoms in total. The third-order valence-corrected chi connectivity index (χ3v) is 4.49.